The molecule has 64 valence electrons. The van der Waals surface area contributed by atoms with E-state index >= 15 is 0 Å². The minimum Gasteiger partial charge on any atom is -0.258 e. The summed E-state index contributed by atoms with van der Waals surface area (Å²) in [5.41, 5.74) is 1.76. The number of aromatic nitrogens is 1. The first-order valence-electron chi connectivity index (χ1n) is 3.74. The van der Waals surface area contributed by atoms with E-state index in [4.69, 9.17) is 0 Å². The maximum atomic E-state index is 10.5. The smallest absolute Gasteiger partial charge is 0.258 e. The van der Waals surface area contributed by atoms with Crippen LogP contribution in [0.3, 0.4) is 0 Å². The summed E-state index contributed by atoms with van der Waals surface area (Å²) in [7, 11) is 0. The Hall–Kier alpha value is -1.45. The van der Waals surface area contributed by atoms with Crippen LogP contribution < -0.4 is 0 Å². The predicted octanol–water partition coefficient (Wildman–Crippen LogP) is 1.86. The molecule has 0 saturated heterocycles. The average molecular weight is 166 g/mol. The summed E-state index contributed by atoms with van der Waals surface area (Å²) >= 11 is 0. The molecule has 0 aromatic carbocycles. The Morgan fingerprint density at radius 2 is 2.25 bits per heavy atom. The fourth-order valence-electron chi connectivity index (χ4n) is 1.10. The van der Waals surface area contributed by atoms with E-state index in [0.29, 0.717) is 0 Å². The molecule has 0 atom stereocenters. The second-order valence-electron chi connectivity index (χ2n) is 2.55. The Balaban J connectivity index is 3.23. The highest BCUT2D eigenvalue weighted by atomic mass is 16.6. The third kappa shape index (κ3) is 1.42. The van der Waals surface area contributed by atoms with Gasteiger partial charge in [-0.05, 0) is 18.9 Å². The van der Waals surface area contributed by atoms with Crippen molar-refractivity contribution in [2.75, 3.05) is 0 Å². The first-order chi connectivity index (χ1) is 5.66. The average Bonchev–Trinajstić information content (AvgIpc) is 2.04. The number of aryl methyl sites for hydroxylation is 1. The molecule has 0 spiro atoms. The van der Waals surface area contributed by atoms with Gasteiger partial charge in [0.05, 0.1) is 4.92 Å². The predicted molar refractivity (Wildman–Crippen MR) is 45.0 cm³/mol. The summed E-state index contributed by atoms with van der Waals surface area (Å²) in [6.07, 6.45) is 3.73. The van der Waals surface area contributed by atoms with Crippen LogP contribution in [-0.4, -0.2) is 9.91 Å². The van der Waals surface area contributed by atoms with Crippen molar-refractivity contribution >= 4 is 5.69 Å². The lowest BCUT2D eigenvalue weighted by molar-refractivity contribution is -0.385. The van der Waals surface area contributed by atoms with Gasteiger partial charge >= 0.3 is 0 Å². The Labute approximate surface area is 70.4 Å². The molecule has 1 aromatic rings. The summed E-state index contributed by atoms with van der Waals surface area (Å²) < 4.78 is 0. The molecule has 0 fully saturated rings. The minimum absolute atomic E-state index is 0.106. The number of nitro groups is 1. The molecule has 0 unspecified atom stereocenters. The molecule has 4 nitrogen and oxygen atoms in total. The first-order valence-corrected chi connectivity index (χ1v) is 3.74. The monoisotopic (exact) mass is 166 g/mol. The Kier molecular flexibility index (Phi) is 2.38. The van der Waals surface area contributed by atoms with Gasteiger partial charge in [0, 0.05) is 11.8 Å². The number of hydrogen-bond acceptors (Lipinski definition) is 3. The van der Waals surface area contributed by atoms with Gasteiger partial charge in [-0.25, -0.2) is 0 Å². The molecule has 1 aromatic heterocycles. The molecule has 1 rings (SSSR count). The van der Waals surface area contributed by atoms with Crippen molar-refractivity contribution in [3.05, 3.63) is 33.6 Å². The zero-order chi connectivity index (χ0) is 9.14. The summed E-state index contributed by atoms with van der Waals surface area (Å²) in [6.45, 7) is 3.70. The molecule has 0 amide bonds. The molecular formula is C8H10N2O2. The highest BCUT2D eigenvalue weighted by Gasteiger charge is 2.12. The Morgan fingerprint density at radius 3 is 2.75 bits per heavy atom. The Morgan fingerprint density at radius 1 is 1.58 bits per heavy atom. The van der Waals surface area contributed by atoms with Crippen LogP contribution in [0.4, 0.5) is 5.69 Å². The van der Waals surface area contributed by atoms with Crippen molar-refractivity contribution in [3.63, 3.8) is 0 Å². The van der Waals surface area contributed by atoms with Gasteiger partial charge in [-0.15, -0.1) is 0 Å². The lowest BCUT2D eigenvalue weighted by Crippen LogP contribution is -1.96. The zero-order valence-corrected chi connectivity index (χ0v) is 7.07. The van der Waals surface area contributed by atoms with E-state index in [1.807, 2.05) is 6.92 Å². The van der Waals surface area contributed by atoms with Crippen LogP contribution in [0.1, 0.15) is 18.1 Å². The van der Waals surface area contributed by atoms with E-state index in [-0.39, 0.29) is 5.69 Å². The van der Waals surface area contributed by atoms with Crippen LogP contribution in [0.2, 0.25) is 0 Å². The maximum Gasteiger partial charge on any atom is 0.290 e. The topological polar surface area (TPSA) is 56.0 Å². The number of rotatable bonds is 2. The summed E-state index contributed by atoms with van der Waals surface area (Å²) in [5.74, 6) is 0. The SMILES string of the molecule is CCc1cncc([N+](=O)[O-])c1C. The standard InChI is InChI=1S/C8H10N2O2/c1-3-7-4-9-5-8(6(7)2)10(11)12/h4-5H,3H2,1-2H3. The van der Waals surface area contributed by atoms with Gasteiger partial charge < -0.3 is 0 Å². The fraction of sp³-hybridized carbons (Fsp3) is 0.375. The van der Waals surface area contributed by atoms with Crippen LogP contribution in [-0.2, 0) is 6.42 Å². The van der Waals surface area contributed by atoms with Crippen LogP contribution in [0, 0.1) is 17.0 Å². The molecule has 0 bridgehead atoms. The van der Waals surface area contributed by atoms with E-state index in [1.165, 1.54) is 6.20 Å². The van der Waals surface area contributed by atoms with Crippen LogP contribution in [0.25, 0.3) is 0 Å². The zero-order valence-electron chi connectivity index (χ0n) is 7.07. The van der Waals surface area contributed by atoms with E-state index in [1.54, 1.807) is 13.1 Å². The van der Waals surface area contributed by atoms with E-state index < -0.39 is 4.92 Å². The van der Waals surface area contributed by atoms with E-state index in [9.17, 15) is 10.1 Å². The third-order valence-electron chi connectivity index (χ3n) is 1.87. The number of hydrogen-bond donors (Lipinski definition) is 0. The third-order valence-corrected chi connectivity index (χ3v) is 1.87. The van der Waals surface area contributed by atoms with Gasteiger partial charge in [0.15, 0.2) is 0 Å². The second-order valence-corrected chi connectivity index (χ2v) is 2.55. The van der Waals surface area contributed by atoms with Crippen molar-refractivity contribution < 1.29 is 4.92 Å². The molecule has 0 saturated carbocycles. The quantitative estimate of drug-likeness (QED) is 0.497. The van der Waals surface area contributed by atoms with Crippen LogP contribution in [0.15, 0.2) is 12.4 Å². The second kappa shape index (κ2) is 3.30. The molecule has 0 aliphatic rings. The minimum atomic E-state index is -0.401. The summed E-state index contributed by atoms with van der Waals surface area (Å²) in [5, 5.41) is 10.5. The molecule has 12 heavy (non-hydrogen) atoms. The largest absolute Gasteiger partial charge is 0.290 e. The molecule has 0 N–H and O–H groups in total. The van der Waals surface area contributed by atoms with Gasteiger partial charge in [-0.2, -0.15) is 0 Å². The van der Waals surface area contributed by atoms with Gasteiger partial charge in [0.1, 0.15) is 6.20 Å². The normalized spacial score (nSPS) is 9.83. The van der Waals surface area contributed by atoms with Crippen molar-refractivity contribution in [3.8, 4) is 0 Å². The van der Waals surface area contributed by atoms with Crippen LogP contribution >= 0.6 is 0 Å². The van der Waals surface area contributed by atoms with Gasteiger partial charge in [0.25, 0.3) is 5.69 Å². The molecule has 1 heterocycles. The van der Waals surface area contributed by atoms with Crippen molar-refractivity contribution in [1.82, 2.24) is 4.98 Å². The van der Waals surface area contributed by atoms with E-state index in [2.05, 4.69) is 4.98 Å². The highest BCUT2D eigenvalue weighted by molar-refractivity contribution is 5.41. The van der Waals surface area contributed by atoms with Crippen molar-refractivity contribution in [1.29, 1.82) is 0 Å². The lowest BCUT2D eigenvalue weighted by atomic mass is 10.1. The lowest BCUT2D eigenvalue weighted by Gasteiger charge is -2.00. The molecule has 4 heteroatoms. The van der Waals surface area contributed by atoms with Crippen molar-refractivity contribution in [2.45, 2.75) is 20.3 Å². The first kappa shape index (κ1) is 8.64. The van der Waals surface area contributed by atoms with Crippen molar-refractivity contribution in [2.24, 2.45) is 0 Å². The van der Waals surface area contributed by atoms with Gasteiger partial charge in [-0.1, -0.05) is 6.92 Å². The highest BCUT2D eigenvalue weighted by Crippen LogP contribution is 2.19. The number of pyridine rings is 1. The molecular weight excluding hydrogens is 156 g/mol. The Bertz CT molecular complexity index is 310. The van der Waals surface area contributed by atoms with Crippen LogP contribution in [0.5, 0.6) is 0 Å². The van der Waals surface area contributed by atoms with E-state index in [0.717, 1.165) is 17.5 Å². The molecule has 0 aliphatic heterocycles. The summed E-state index contributed by atoms with van der Waals surface area (Å²) in [4.78, 5) is 13.9. The summed E-state index contributed by atoms with van der Waals surface area (Å²) in [6, 6.07) is 0. The maximum absolute atomic E-state index is 10.5. The van der Waals surface area contributed by atoms with Gasteiger partial charge in [-0.3, -0.25) is 15.1 Å². The number of nitrogens with zero attached hydrogens (tertiary/aromatic N) is 2. The molecule has 0 aliphatic carbocycles. The van der Waals surface area contributed by atoms with Gasteiger partial charge in [0.2, 0.25) is 0 Å². The fourth-order valence-corrected chi connectivity index (χ4v) is 1.10. The molecule has 0 radical (unpaired) electrons.